The number of hydrogen-bond acceptors (Lipinski definition) is 5. The molecule has 2 aromatic rings. The molecule has 0 radical (unpaired) electrons. The Balaban J connectivity index is 1.54. The minimum Gasteiger partial charge on any atom is -0.495 e. The predicted molar refractivity (Wildman–Crippen MR) is 114 cm³/mol. The van der Waals surface area contributed by atoms with Crippen molar-refractivity contribution < 1.29 is 27.1 Å². The first kappa shape index (κ1) is 21.9. The summed E-state index contributed by atoms with van der Waals surface area (Å²) in [4.78, 5) is 14.1. The monoisotopic (exact) mass is 468 g/mol. The number of cyclic esters (lactones) is 1. The van der Waals surface area contributed by atoms with Crippen LogP contribution < -0.4 is 9.64 Å². The number of methoxy groups -OCH3 is 1. The number of fused-ring (bicyclic) bond motifs is 1. The van der Waals surface area contributed by atoms with Crippen LogP contribution in [0.15, 0.2) is 41.3 Å². The Morgan fingerprint density at radius 1 is 1.19 bits per heavy atom. The number of amides is 1. The summed E-state index contributed by atoms with van der Waals surface area (Å²) < 4.78 is 51.2. The highest BCUT2D eigenvalue weighted by atomic mass is 35.5. The molecule has 10 heteroatoms. The van der Waals surface area contributed by atoms with E-state index in [0.717, 1.165) is 11.3 Å². The molecule has 0 atom stereocenters. The molecule has 2 heterocycles. The van der Waals surface area contributed by atoms with Crippen LogP contribution in [0, 0.1) is 0 Å². The lowest BCUT2D eigenvalue weighted by Gasteiger charge is -2.39. The summed E-state index contributed by atoms with van der Waals surface area (Å²) >= 11 is 6.05. The molecule has 0 bridgehead atoms. The summed E-state index contributed by atoms with van der Waals surface area (Å²) in [6, 6.07) is 9.28. The second kappa shape index (κ2) is 8.64. The number of carbonyl (C=O) groups is 1. The normalized spacial score (nSPS) is 17.9. The second-order valence-corrected chi connectivity index (χ2v) is 9.79. The van der Waals surface area contributed by atoms with Gasteiger partial charge in [0.2, 0.25) is 10.0 Å². The summed E-state index contributed by atoms with van der Waals surface area (Å²) in [7, 11) is -2.47. The molecule has 0 saturated carbocycles. The van der Waals surface area contributed by atoms with Crippen LogP contribution in [0.4, 0.5) is 14.9 Å². The number of nitrogens with zero attached hydrogens (tertiary/aromatic N) is 2. The molecule has 7 nitrogen and oxygen atoms in total. The van der Waals surface area contributed by atoms with Crippen LogP contribution in [-0.4, -0.2) is 45.1 Å². The number of sulfonamides is 1. The first-order chi connectivity index (χ1) is 14.8. The maximum absolute atomic E-state index is 13.2. The van der Waals surface area contributed by atoms with E-state index in [1.807, 2.05) is 0 Å². The number of piperidine rings is 1. The standard InChI is InChI=1S/C21H22ClFN2O5S/c1-29-19-10-14(12-23)2-5-20(19)31(27,28)24-8-6-17(7-9-24)25-18-4-3-16(22)11-15(18)13-30-21(25)26/h2-5,10-11,17H,6-9,12-13H2,1H3. The summed E-state index contributed by atoms with van der Waals surface area (Å²) in [6.07, 6.45) is 0.447. The van der Waals surface area contributed by atoms with Crippen molar-refractivity contribution in [3.63, 3.8) is 0 Å². The highest BCUT2D eigenvalue weighted by Crippen LogP contribution is 2.35. The molecule has 31 heavy (non-hydrogen) atoms. The molecule has 2 aliphatic rings. The van der Waals surface area contributed by atoms with Crippen molar-refractivity contribution in [3.05, 3.63) is 52.5 Å². The van der Waals surface area contributed by atoms with Crippen molar-refractivity contribution >= 4 is 33.4 Å². The average Bonchev–Trinajstić information content (AvgIpc) is 2.78. The second-order valence-electron chi connectivity index (χ2n) is 7.45. The minimum atomic E-state index is -3.83. The van der Waals surface area contributed by atoms with E-state index in [2.05, 4.69) is 0 Å². The fourth-order valence-electron chi connectivity index (χ4n) is 4.05. The minimum absolute atomic E-state index is 0.00280. The predicted octanol–water partition coefficient (Wildman–Crippen LogP) is 4.13. The number of alkyl halides is 1. The number of ether oxygens (including phenoxy) is 2. The largest absolute Gasteiger partial charge is 0.495 e. The first-order valence-corrected chi connectivity index (χ1v) is 11.6. The fraction of sp³-hybridized carbons (Fsp3) is 0.381. The van der Waals surface area contributed by atoms with Crippen molar-refractivity contribution in [2.24, 2.45) is 0 Å². The summed E-state index contributed by atoms with van der Waals surface area (Å²) in [5.41, 5.74) is 1.90. The van der Waals surface area contributed by atoms with Crippen molar-refractivity contribution in [1.82, 2.24) is 4.31 Å². The molecule has 0 unspecified atom stereocenters. The Morgan fingerprint density at radius 3 is 2.61 bits per heavy atom. The molecular weight excluding hydrogens is 447 g/mol. The zero-order chi connectivity index (χ0) is 22.2. The maximum atomic E-state index is 13.2. The van der Waals surface area contributed by atoms with Crippen LogP contribution in [0.1, 0.15) is 24.0 Å². The zero-order valence-electron chi connectivity index (χ0n) is 16.9. The van der Waals surface area contributed by atoms with Crippen molar-refractivity contribution in [3.8, 4) is 5.75 Å². The lowest BCUT2D eigenvalue weighted by molar-refractivity contribution is 0.136. The lowest BCUT2D eigenvalue weighted by atomic mass is 10.0. The van der Waals surface area contributed by atoms with Gasteiger partial charge in [-0.1, -0.05) is 17.7 Å². The van der Waals surface area contributed by atoms with Crippen LogP contribution in [0.2, 0.25) is 5.02 Å². The highest BCUT2D eigenvalue weighted by molar-refractivity contribution is 7.89. The molecule has 2 aromatic carbocycles. The number of halogens is 2. The van der Waals surface area contributed by atoms with Crippen molar-refractivity contribution in [2.45, 2.75) is 37.1 Å². The van der Waals surface area contributed by atoms with Crippen molar-refractivity contribution in [2.75, 3.05) is 25.1 Å². The van der Waals surface area contributed by atoms with Gasteiger partial charge < -0.3 is 9.47 Å². The Labute approximate surface area is 185 Å². The average molecular weight is 469 g/mol. The van der Waals surface area contributed by atoms with E-state index in [1.165, 1.54) is 29.6 Å². The van der Waals surface area contributed by atoms with Gasteiger partial charge in [0.25, 0.3) is 0 Å². The molecule has 0 spiro atoms. The number of carbonyl (C=O) groups excluding carboxylic acids is 1. The lowest BCUT2D eigenvalue weighted by Crippen LogP contribution is -2.50. The Kier molecular flexibility index (Phi) is 6.09. The van der Waals surface area contributed by atoms with Crippen LogP contribution >= 0.6 is 11.6 Å². The van der Waals surface area contributed by atoms with Crippen molar-refractivity contribution in [1.29, 1.82) is 0 Å². The molecule has 0 aromatic heterocycles. The molecular formula is C21H22ClFN2O5S. The van der Waals surface area contributed by atoms with Crippen LogP contribution in [0.5, 0.6) is 5.75 Å². The summed E-state index contributed by atoms with van der Waals surface area (Å²) in [5.74, 6) is 0.114. The molecule has 166 valence electrons. The maximum Gasteiger partial charge on any atom is 0.414 e. The van der Waals surface area contributed by atoms with Gasteiger partial charge in [-0.2, -0.15) is 4.31 Å². The van der Waals surface area contributed by atoms with Gasteiger partial charge in [-0.05, 0) is 48.7 Å². The topological polar surface area (TPSA) is 76.2 Å². The molecule has 0 N–H and O–H groups in total. The van der Waals surface area contributed by atoms with Gasteiger partial charge in [0.05, 0.1) is 12.8 Å². The van der Waals surface area contributed by atoms with Gasteiger partial charge in [0, 0.05) is 29.7 Å². The Hall–Kier alpha value is -2.36. The smallest absolute Gasteiger partial charge is 0.414 e. The molecule has 1 amide bonds. The van der Waals surface area contributed by atoms with E-state index in [9.17, 15) is 17.6 Å². The van der Waals surface area contributed by atoms with Crippen LogP contribution in [0.25, 0.3) is 0 Å². The van der Waals surface area contributed by atoms with E-state index in [-0.39, 0.29) is 36.4 Å². The van der Waals surface area contributed by atoms with E-state index >= 15 is 0 Å². The third-order valence-corrected chi connectivity index (χ3v) is 7.81. The van der Waals surface area contributed by atoms with Gasteiger partial charge in [0.15, 0.2) is 0 Å². The first-order valence-electron chi connectivity index (χ1n) is 9.82. The Bertz CT molecular complexity index is 1100. The summed E-state index contributed by atoms with van der Waals surface area (Å²) in [6.45, 7) is -0.0880. The SMILES string of the molecule is COc1cc(CF)ccc1S(=O)(=O)N1CCC(N2C(=O)OCc3cc(Cl)ccc32)CC1. The number of rotatable bonds is 5. The molecule has 1 saturated heterocycles. The number of hydrogen-bond donors (Lipinski definition) is 0. The van der Waals surface area contributed by atoms with E-state index in [4.69, 9.17) is 21.1 Å². The van der Waals surface area contributed by atoms with Crippen LogP contribution in [0.3, 0.4) is 0 Å². The fourth-order valence-corrected chi connectivity index (χ4v) is 5.85. The Morgan fingerprint density at radius 2 is 1.94 bits per heavy atom. The van der Waals surface area contributed by atoms with Gasteiger partial charge in [-0.15, -0.1) is 0 Å². The van der Waals surface area contributed by atoms with E-state index in [1.54, 1.807) is 23.1 Å². The molecule has 1 fully saturated rings. The molecule has 2 aliphatic heterocycles. The van der Waals surface area contributed by atoms with E-state index < -0.39 is 22.8 Å². The highest BCUT2D eigenvalue weighted by Gasteiger charge is 2.37. The third kappa shape index (κ3) is 4.09. The number of anilines is 1. The van der Waals surface area contributed by atoms with Gasteiger partial charge in [-0.3, -0.25) is 4.90 Å². The van der Waals surface area contributed by atoms with E-state index in [0.29, 0.717) is 23.4 Å². The van der Waals surface area contributed by atoms with Crippen LogP contribution in [-0.2, 0) is 28.0 Å². The summed E-state index contributed by atoms with van der Waals surface area (Å²) in [5, 5.41) is 0.560. The number of benzene rings is 2. The quantitative estimate of drug-likeness (QED) is 0.659. The third-order valence-electron chi connectivity index (χ3n) is 5.64. The zero-order valence-corrected chi connectivity index (χ0v) is 18.5. The molecule has 0 aliphatic carbocycles. The molecule has 4 rings (SSSR count). The van der Waals surface area contributed by atoms with Gasteiger partial charge in [0.1, 0.15) is 23.9 Å². The van der Waals surface area contributed by atoms with Gasteiger partial charge in [-0.25, -0.2) is 17.6 Å². The van der Waals surface area contributed by atoms with Gasteiger partial charge >= 0.3 is 6.09 Å².